The molecule has 0 unspecified atom stereocenters. The van der Waals surface area contributed by atoms with E-state index in [9.17, 15) is 19.5 Å². The van der Waals surface area contributed by atoms with E-state index < -0.39 is 18.2 Å². The number of rotatable bonds is 7. The quantitative estimate of drug-likeness (QED) is 0.132. The fraction of sp³-hybridized carbons (Fsp3) is 0.341. The van der Waals surface area contributed by atoms with Gasteiger partial charge in [0.1, 0.15) is 5.75 Å². The van der Waals surface area contributed by atoms with Gasteiger partial charge in [-0.15, -0.1) is 0 Å². The number of hydrogen-bond acceptors (Lipinski definition) is 6. The average Bonchev–Trinajstić information content (AvgIpc) is 3.19. The van der Waals surface area contributed by atoms with Gasteiger partial charge in [-0.25, -0.2) is 9.59 Å². The van der Waals surface area contributed by atoms with Gasteiger partial charge in [0.2, 0.25) is 0 Å². The van der Waals surface area contributed by atoms with Crippen molar-refractivity contribution in [3.63, 3.8) is 0 Å². The van der Waals surface area contributed by atoms with E-state index in [1.54, 1.807) is 42.0 Å². The summed E-state index contributed by atoms with van der Waals surface area (Å²) in [5.74, 6) is -0.189. The zero-order valence-electron chi connectivity index (χ0n) is 32.0. The van der Waals surface area contributed by atoms with E-state index in [1.165, 1.54) is 0 Å². The van der Waals surface area contributed by atoms with E-state index in [2.05, 4.69) is 16.0 Å². The molecular formula is C44H51N5O6. The minimum atomic E-state index is -0.549. The van der Waals surface area contributed by atoms with E-state index >= 15 is 0 Å². The van der Waals surface area contributed by atoms with Gasteiger partial charge in [0.15, 0.2) is 0 Å². The Labute approximate surface area is 322 Å². The summed E-state index contributed by atoms with van der Waals surface area (Å²) in [6.45, 7) is 6.48. The highest BCUT2D eigenvalue weighted by atomic mass is 16.5. The molecule has 0 radical (unpaired) electrons. The lowest BCUT2D eigenvalue weighted by atomic mass is 10.0. The summed E-state index contributed by atoms with van der Waals surface area (Å²) in [6.07, 6.45) is 1.75. The molecule has 55 heavy (non-hydrogen) atoms. The van der Waals surface area contributed by atoms with Crippen LogP contribution in [0.1, 0.15) is 50.4 Å². The van der Waals surface area contributed by atoms with Crippen LogP contribution in [0.2, 0.25) is 0 Å². The standard InChI is InChI=1S/C44H51N5O6/c1-29-26-49(30(2)28-50)42(51)37-25-34(45-43(52)46-38-20-11-16-32-14-5-7-18-35(32)38)22-23-40(37)55-31(3)13-9-10-24-54-41(29)27-48(4)44(53)47-39-21-12-17-33-15-6-8-19-36(33)39/h5-8,11-12,14-23,25,29-31,41,50H,9-10,13,24,26-28H2,1-4H3,(H,47,53)(H2,45,46,52)/t29-,30-,31-,41+/m0/s1. The molecule has 1 heterocycles. The number of hydrogen-bond donors (Lipinski definition) is 4. The van der Waals surface area contributed by atoms with E-state index in [4.69, 9.17) is 9.47 Å². The third kappa shape index (κ3) is 9.72. The zero-order valence-corrected chi connectivity index (χ0v) is 32.0. The maximum atomic E-state index is 14.6. The molecule has 4 N–H and O–H groups in total. The number of benzene rings is 5. The maximum Gasteiger partial charge on any atom is 0.323 e. The molecule has 1 aliphatic rings. The Balaban J connectivity index is 1.22. The van der Waals surface area contributed by atoms with Crippen LogP contribution in [0.4, 0.5) is 26.7 Å². The second-order valence-electron chi connectivity index (χ2n) is 14.5. The summed E-state index contributed by atoms with van der Waals surface area (Å²) in [7, 11) is 1.74. The van der Waals surface area contributed by atoms with Crippen LogP contribution in [-0.4, -0.2) is 84.5 Å². The second kappa shape index (κ2) is 18.1. The van der Waals surface area contributed by atoms with Crippen LogP contribution in [0, 0.1) is 5.92 Å². The number of fused-ring (bicyclic) bond motifs is 3. The van der Waals surface area contributed by atoms with Crippen molar-refractivity contribution in [3.05, 3.63) is 109 Å². The lowest BCUT2D eigenvalue weighted by molar-refractivity contribution is -0.0115. The molecule has 0 saturated heterocycles. The summed E-state index contributed by atoms with van der Waals surface area (Å²) in [4.78, 5) is 44.6. The number of urea groups is 2. The number of amides is 5. The molecule has 5 aromatic rings. The minimum Gasteiger partial charge on any atom is -0.490 e. The third-order valence-electron chi connectivity index (χ3n) is 10.2. The Morgan fingerprint density at radius 3 is 2.16 bits per heavy atom. The van der Waals surface area contributed by atoms with E-state index in [0.717, 1.165) is 46.5 Å². The number of carbonyl (C=O) groups is 3. The second-order valence-corrected chi connectivity index (χ2v) is 14.5. The molecular weight excluding hydrogens is 695 g/mol. The van der Waals surface area contributed by atoms with Gasteiger partial charge in [0, 0.05) is 49.1 Å². The van der Waals surface area contributed by atoms with Crippen LogP contribution in [-0.2, 0) is 4.74 Å². The molecule has 4 atom stereocenters. The van der Waals surface area contributed by atoms with Crippen LogP contribution in [0.15, 0.2) is 103 Å². The van der Waals surface area contributed by atoms with Gasteiger partial charge in [-0.3, -0.25) is 4.79 Å². The van der Waals surface area contributed by atoms with Crippen molar-refractivity contribution in [2.24, 2.45) is 5.92 Å². The Kier molecular flexibility index (Phi) is 12.9. The minimum absolute atomic E-state index is 0.203. The largest absolute Gasteiger partial charge is 0.490 e. The molecule has 11 heteroatoms. The zero-order chi connectivity index (χ0) is 38.9. The highest BCUT2D eigenvalue weighted by Gasteiger charge is 2.31. The lowest BCUT2D eigenvalue weighted by Gasteiger charge is -2.35. The summed E-state index contributed by atoms with van der Waals surface area (Å²) < 4.78 is 12.8. The summed E-state index contributed by atoms with van der Waals surface area (Å²) in [5.41, 5.74) is 2.06. The number of nitrogens with zero attached hydrogens (tertiary/aromatic N) is 2. The SMILES string of the molecule is C[C@H]1CCCCO[C@H](CN(C)C(=O)Nc2cccc3ccccc23)[C@@H](C)CN([C@@H](C)CO)C(=O)c2cc(NC(=O)Nc3cccc4ccccc34)ccc2O1. The van der Waals surface area contributed by atoms with Gasteiger partial charge in [-0.05, 0) is 74.2 Å². The van der Waals surface area contributed by atoms with E-state index in [0.29, 0.717) is 23.7 Å². The first-order chi connectivity index (χ1) is 26.6. The maximum absolute atomic E-state index is 14.6. The molecule has 6 rings (SSSR count). The summed E-state index contributed by atoms with van der Waals surface area (Å²) in [6, 6.07) is 31.0. The first-order valence-corrected chi connectivity index (χ1v) is 19.0. The monoisotopic (exact) mass is 745 g/mol. The Morgan fingerprint density at radius 2 is 1.49 bits per heavy atom. The number of aliphatic hydroxyl groups excluding tert-OH is 1. The molecule has 0 fully saturated rings. The molecule has 0 saturated carbocycles. The molecule has 0 aromatic heterocycles. The first kappa shape index (κ1) is 39.1. The number of ether oxygens (including phenoxy) is 2. The fourth-order valence-corrected chi connectivity index (χ4v) is 6.98. The summed E-state index contributed by atoms with van der Waals surface area (Å²) >= 11 is 0. The molecule has 0 bridgehead atoms. The van der Waals surface area contributed by atoms with E-state index in [1.807, 2.05) is 98.8 Å². The van der Waals surface area contributed by atoms with Crippen molar-refractivity contribution in [1.82, 2.24) is 9.80 Å². The number of anilines is 3. The van der Waals surface area contributed by atoms with Gasteiger partial charge in [-0.2, -0.15) is 0 Å². The molecule has 11 nitrogen and oxygen atoms in total. The van der Waals surface area contributed by atoms with Gasteiger partial charge >= 0.3 is 12.1 Å². The van der Waals surface area contributed by atoms with Gasteiger partial charge in [-0.1, -0.05) is 79.7 Å². The highest BCUT2D eigenvalue weighted by Crippen LogP contribution is 2.30. The van der Waals surface area contributed by atoms with Crippen molar-refractivity contribution >= 4 is 56.6 Å². The fourth-order valence-electron chi connectivity index (χ4n) is 6.98. The Morgan fingerprint density at radius 1 is 0.855 bits per heavy atom. The molecule has 0 spiro atoms. The van der Waals surface area contributed by atoms with Crippen LogP contribution in [0.5, 0.6) is 5.75 Å². The van der Waals surface area contributed by atoms with Crippen molar-refractivity contribution in [3.8, 4) is 5.75 Å². The average molecular weight is 746 g/mol. The molecule has 1 aliphatic heterocycles. The molecule has 5 amide bonds. The number of aliphatic hydroxyl groups is 1. The van der Waals surface area contributed by atoms with Crippen LogP contribution >= 0.6 is 0 Å². The van der Waals surface area contributed by atoms with Gasteiger partial charge in [0.25, 0.3) is 5.91 Å². The third-order valence-corrected chi connectivity index (χ3v) is 10.2. The van der Waals surface area contributed by atoms with Crippen molar-refractivity contribution in [2.75, 3.05) is 49.3 Å². The normalized spacial score (nSPS) is 18.7. The van der Waals surface area contributed by atoms with Crippen molar-refractivity contribution < 1.29 is 29.0 Å². The first-order valence-electron chi connectivity index (χ1n) is 19.0. The van der Waals surface area contributed by atoms with Gasteiger partial charge in [0.05, 0.1) is 41.8 Å². The Bertz CT molecular complexity index is 2110. The van der Waals surface area contributed by atoms with Crippen molar-refractivity contribution in [2.45, 2.75) is 58.3 Å². The van der Waals surface area contributed by atoms with Crippen LogP contribution in [0.3, 0.4) is 0 Å². The lowest BCUT2D eigenvalue weighted by Crippen LogP contribution is -2.48. The van der Waals surface area contributed by atoms with E-state index in [-0.39, 0.29) is 49.2 Å². The predicted molar refractivity (Wildman–Crippen MR) is 219 cm³/mol. The number of likely N-dealkylation sites (N-methyl/N-ethyl adjacent to an activating group) is 1. The Hall–Kier alpha value is -5.65. The highest BCUT2D eigenvalue weighted by molar-refractivity contribution is 6.07. The molecule has 288 valence electrons. The number of nitrogens with one attached hydrogen (secondary N) is 3. The van der Waals surface area contributed by atoms with Crippen LogP contribution < -0.4 is 20.7 Å². The molecule has 5 aromatic carbocycles. The predicted octanol–water partition coefficient (Wildman–Crippen LogP) is 8.60. The summed E-state index contributed by atoms with van der Waals surface area (Å²) in [5, 5.41) is 23.1. The van der Waals surface area contributed by atoms with Gasteiger partial charge < -0.3 is 40.3 Å². The smallest absolute Gasteiger partial charge is 0.323 e. The van der Waals surface area contributed by atoms with Crippen molar-refractivity contribution in [1.29, 1.82) is 0 Å². The van der Waals surface area contributed by atoms with Crippen LogP contribution in [0.25, 0.3) is 21.5 Å². The topological polar surface area (TPSA) is 132 Å². The molecule has 0 aliphatic carbocycles. The number of carbonyl (C=O) groups excluding carboxylic acids is 3.